The van der Waals surface area contributed by atoms with E-state index in [1.54, 1.807) is 13.8 Å². The first-order valence-corrected chi connectivity index (χ1v) is 5.66. The van der Waals surface area contributed by atoms with E-state index in [1.165, 1.54) is 0 Å². The van der Waals surface area contributed by atoms with Crippen LogP contribution in [0.25, 0.3) is 0 Å². The predicted octanol–water partition coefficient (Wildman–Crippen LogP) is -0.0490. The van der Waals surface area contributed by atoms with Gasteiger partial charge in [-0.25, -0.2) is 0 Å². The molecule has 118 valence electrons. The van der Waals surface area contributed by atoms with Gasteiger partial charge in [0, 0.05) is 18.4 Å². The summed E-state index contributed by atoms with van der Waals surface area (Å²) >= 11 is 0. The van der Waals surface area contributed by atoms with Crippen molar-refractivity contribution < 1.29 is 24.6 Å². The maximum atomic E-state index is 11.4. The second kappa shape index (κ2) is 9.32. The van der Waals surface area contributed by atoms with E-state index < -0.39 is 22.5 Å². The average molecular weight is 314 g/mol. The van der Waals surface area contributed by atoms with Crippen LogP contribution in [0.15, 0.2) is 0 Å². The van der Waals surface area contributed by atoms with E-state index in [0.717, 1.165) is 0 Å². The van der Waals surface area contributed by atoms with Gasteiger partial charge in [0.25, 0.3) is 5.09 Å². The first-order valence-electron chi connectivity index (χ1n) is 5.66. The van der Waals surface area contributed by atoms with E-state index >= 15 is 0 Å². The van der Waals surface area contributed by atoms with E-state index in [2.05, 4.69) is 10.2 Å². The highest BCUT2D eigenvalue weighted by molar-refractivity contribution is 5.85. The highest BCUT2D eigenvalue weighted by Gasteiger charge is 2.21. The van der Waals surface area contributed by atoms with Gasteiger partial charge >= 0.3 is 5.97 Å². The highest BCUT2D eigenvalue weighted by Crippen LogP contribution is 2.14. The molecule has 0 unspecified atom stereocenters. The molecule has 9 nitrogen and oxygen atoms in total. The quantitative estimate of drug-likeness (QED) is 0.399. The Labute approximate surface area is 122 Å². The molecule has 0 spiro atoms. The zero-order chi connectivity index (χ0) is 15.1. The van der Waals surface area contributed by atoms with Crippen LogP contribution in [0.4, 0.5) is 0 Å². The number of aliphatic carboxylic acids is 1. The maximum Gasteiger partial charge on any atom is 0.320 e. The minimum atomic E-state index is -1.16. The molecule has 0 heterocycles. The normalized spacial score (nSPS) is 11.9. The Morgan fingerprint density at radius 3 is 2.50 bits per heavy atom. The lowest BCUT2D eigenvalue weighted by atomic mass is 9.95. The average Bonchev–Trinajstić information content (AvgIpc) is 2.31. The van der Waals surface area contributed by atoms with Crippen LogP contribution in [0.2, 0.25) is 0 Å². The molecule has 1 atom stereocenters. The number of halogens is 1. The number of nitrogens with two attached hydrogens (primary N) is 1. The van der Waals surface area contributed by atoms with Gasteiger partial charge in [-0.15, -0.1) is 22.5 Å². The van der Waals surface area contributed by atoms with Gasteiger partial charge in [-0.3, -0.25) is 9.59 Å². The van der Waals surface area contributed by atoms with E-state index in [1.807, 2.05) is 0 Å². The minimum absolute atomic E-state index is 0. The second-order valence-electron chi connectivity index (χ2n) is 4.92. The topological polar surface area (TPSA) is 145 Å². The van der Waals surface area contributed by atoms with E-state index in [-0.39, 0.29) is 44.3 Å². The Morgan fingerprint density at radius 2 is 2.05 bits per heavy atom. The Kier molecular flexibility index (Phi) is 9.65. The number of rotatable bonds is 9. The molecule has 20 heavy (non-hydrogen) atoms. The molecule has 0 aliphatic carbocycles. The van der Waals surface area contributed by atoms with Crippen molar-refractivity contribution in [1.82, 2.24) is 5.32 Å². The molecule has 0 bridgehead atoms. The Morgan fingerprint density at radius 1 is 1.50 bits per heavy atom. The molecule has 0 fully saturated rings. The Bertz CT molecular complexity index is 350. The third kappa shape index (κ3) is 10.3. The molecular formula is C10H20ClN3O6. The molecule has 0 rings (SSSR count). The van der Waals surface area contributed by atoms with E-state index in [0.29, 0.717) is 0 Å². The van der Waals surface area contributed by atoms with Crippen molar-refractivity contribution in [3.8, 4) is 0 Å². The van der Waals surface area contributed by atoms with Crippen LogP contribution in [0.5, 0.6) is 0 Å². The highest BCUT2D eigenvalue weighted by atomic mass is 35.5. The summed E-state index contributed by atoms with van der Waals surface area (Å²) < 4.78 is 0. The molecule has 0 aromatic heterocycles. The third-order valence-electron chi connectivity index (χ3n) is 2.32. The van der Waals surface area contributed by atoms with Gasteiger partial charge in [0.15, 0.2) is 0 Å². The molecule has 0 saturated heterocycles. The minimum Gasteiger partial charge on any atom is -0.480 e. The fraction of sp³-hybridized carbons (Fsp3) is 0.800. The van der Waals surface area contributed by atoms with Gasteiger partial charge in [0.05, 0.1) is 0 Å². The summed E-state index contributed by atoms with van der Waals surface area (Å²) in [4.78, 5) is 36.2. The summed E-state index contributed by atoms with van der Waals surface area (Å²) in [7, 11) is 0. The summed E-state index contributed by atoms with van der Waals surface area (Å²) in [5, 5.41) is 20.2. The molecule has 4 N–H and O–H groups in total. The molecule has 0 aliphatic heterocycles. The first-order chi connectivity index (χ1) is 8.64. The van der Waals surface area contributed by atoms with Gasteiger partial charge in [-0.05, 0) is 6.42 Å². The van der Waals surface area contributed by atoms with Crippen molar-refractivity contribution in [2.24, 2.45) is 11.1 Å². The molecule has 0 aromatic carbocycles. The van der Waals surface area contributed by atoms with Crippen LogP contribution in [0.3, 0.4) is 0 Å². The van der Waals surface area contributed by atoms with Crippen molar-refractivity contribution >= 4 is 24.3 Å². The molecule has 0 aliphatic rings. The lowest BCUT2D eigenvalue weighted by molar-refractivity contribution is -0.760. The van der Waals surface area contributed by atoms with Crippen molar-refractivity contribution in [2.75, 3.05) is 13.2 Å². The number of hydrogen-bond acceptors (Lipinski definition) is 6. The summed E-state index contributed by atoms with van der Waals surface area (Å²) in [6.07, 6.45) is 0.0205. The molecular weight excluding hydrogens is 294 g/mol. The van der Waals surface area contributed by atoms with Gasteiger partial charge in [-0.2, -0.15) is 0 Å². The third-order valence-corrected chi connectivity index (χ3v) is 2.32. The smallest absolute Gasteiger partial charge is 0.320 e. The number of nitrogens with one attached hydrogen (secondary N) is 1. The monoisotopic (exact) mass is 313 g/mol. The molecule has 0 radical (unpaired) electrons. The summed E-state index contributed by atoms with van der Waals surface area (Å²) in [6.45, 7) is 3.43. The van der Waals surface area contributed by atoms with Crippen LogP contribution < -0.4 is 11.1 Å². The molecule has 0 saturated carbocycles. The lowest BCUT2D eigenvalue weighted by Crippen LogP contribution is -2.38. The molecule has 10 heteroatoms. The van der Waals surface area contributed by atoms with Gasteiger partial charge < -0.3 is 21.0 Å². The Balaban J connectivity index is 0. The van der Waals surface area contributed by atoms with Crippen molar-refractivity contribution in [3.63, 3.8) is 0 Å². The van der Waals surface area contributed by atoms with Crippen molar-refractivity contribution in [1.29, 1.82) is 0 Å². The number of carboxylic acid groups (broad SMARTS) is 1. The second-order valence-corrected chi connectivity index (χ2v) is 4.92. The van der Waals surface area contributed by atoms with Crippen molar-refractivity contribution in [3.05, 3.63) is 10.1 Å². The number of amides is 1. The number of carboxylic acids is 1. The zero-order valence-corrected chi connectivity index (χ0v) is 12.1. The number of carbonyl (C=O) groups excluding carboxylic acids is 1. The first kappa shape index (κ1) is 20.7. The Hall–Kier alpha value is -1.61. The molecule has 1 amide bonds. The van der Waals surface area contributed by atoms with Gasteiger partial charge in [-0.1, -0.05) is 13.8 Å². The summed E-state index contributed by atoms with van der Waals surface area (Å²) in [6, 6.07) is -1.07. The maximum absolute atomic E-state index is 11.4. The van der Waals surface area contributed by atoms with Crippen LogP contribution >= 0.6 is 12.4 Å². The largest absolute Gasteiger partial charge is 0.480 e. The van der Waals surface area contributed by atoms with Crippen LogP contribution in [0.1, 0.15) is 26.7 Å². The predicted molar refractivity (Wildman–Crippen MR) is 71.8 cm³/mol. The number of nitrogens with zero attached hydrogens (tertiary/aromatic N) is 1. The van der Waals surface area contributed by atoms with Crippen molar-refractivity contribution in [2.45, 2.75) is 32.7 Å². The van der Waals surface area contributed by atoms with E-state index in [4.69, 9.17) is 10.8 Å². The summed E-state index contributed by atoms with van der Waals surface area (Å²) in [5.74, 6) is -1.52. The van der Waals surface area contributed by atoms with Crippen LogP contribution in [0, 0.1) is 15.5 Å². The number of hydrogen-bond donors (Lipinski definition) is 3. The standard InChI is InChI=1S/C10H19N3O6.ClH/c1-10(2,6-19-13(17)18)5-12-8(14)4-3-7(11)9(15)16;/h7H,3-6,11H2,1-2H3,(H,12,14)(H,15,16);1H/t7-;/m0./s1. The number of carbonyl (C=O) groups is 2. The summed E-state index contributed by atoms with van der Waals surface area (Å²) in [5.41, 5.74) is 4.65. The fourth-order valence-corrected chi connectivity index (χ4v) is 1.11. The van der Waals surface area contributed by atoms with E-state index in [9.17, 15) is 19.7 Å². The SMILES string of the molecule is CC(C)(CNC(=O)CC[C@H](N)C(=O)O)CO[N+](=O)[O-].Cl. The van der Waals surface area contributed by atoms with Gasteiger partial charge in [0.2, 0.25) is 5.91 Å². The molecule has 0 aromatic rings. The lowest BCUT2D eigenvalue weighted by Gasteiger charge is -2.23. The zero-order valence-electron chi connectivity index (χ0n) is 11.3. The van der Waals surface area contributed by atoms with Crippen LogP contribution in [-0.4, -0.2) is 41.3 Å². The van der Waals surface area contributed by atoms with Gasteiger partial charge in [0.1, 0.15) is 12.6 Å². The fourth-order valence-electron chi connectivity index (χ4n) is 1.11. The van der Waals surface area contributed by atoms with Crippen LogP contribution in [-0.2, 0) is 14.4 Å².